The molecule has 168 valence electrons. The molecule has 0 fully saturated rings. The molecule has 0 saturated carbocycles. The van der Waals surface area contributed by atoms with E-state index in [1.807, 2.05) is 18.2 Å². The van der Waals surface area contributed by atoms with Crippen LogP contribution in [0.5, 0.6) is 17.2 Å². The maximum Gasteiger partial charge on any atom is 0.297 e. The molecule has 0 aliphatic carbocycles. The molecule has 0 N–H and O–H groups in total. The van der Waals surface area contributed by atoms with E-state index in [0.29, 0.717) is 19.0 Å². The first kappa shape index (κ1) is 24.1. The normalized spacial score (nSPS) is 11.1. The van der Waals surface area contributed by atoms with Crippen LogP contribution in [0.4, 0.5) is 0 Å². The lowest BCUT2D eigenvalue weighted by molar-refractivity contribution is 0.286. The number of hydrogen-bond donors (Lipinski definition) is 0. The highest BCUT2D eigenvalue weighted by molar-refractivity contribution is 5.89. The lowest BCUT2D eigenvalue weighted by Crippen LogP contribution is -2.20. The molecule has 1 aromatic heterocycles. The first-order valence-corrected chi connectivity index (χ1v) is 11.6. The Hall–Kier alpha value is -2.17. The minimum Gasteiger partial charge on any atom is -0.494 e. The smallest absolute Gasteiger partial charge is 0.297 e. The van der Waals surface area contributed by atoms with E-state index in [1.165, 1.54) is 52.1 Å². The van der Waals surface area contributed by atoms with Crippen LogP contribution in [-0.4, -0.2) is 24.9 Å². The number of fused-ring (bicyclic) bond motifs is 1. The second-order valence-electron chi connectivity index (χ2n) is 7.93. The Morgan fingerprint density at radius 2 is 1.40 bits per heavy atom. The second-order valence-corrected chi connectivity index (χ2v) is 7.93. The van der Waals surface area contributed by atoms with Crippen LogP contribution >= 0.6 is 0 Å². The topological polar surface area (TPSA) is 49.7 Å². The van der Waals surface area contributed by atoms with Crippen molar-refractivity contribution in [3.8, 4) is 17.2 Å². The van der Waals surface area contributed by atoms with Gasteiger partial charge in [-0.3, -0.25) is 4.79 Å². The van der Waals surface area contributed by atoms with Gasteiger partial charge in [0.15, 0.2) is 5.75 Å². The van der Waals surface area contributed by atoms with Gasteiger partial charge >= 0.3 is 0 Å². The number of rotatable bonds is 15. The van der Waals surface area contributed by atoms with Crippen LogP contribution in [-0.2, 0) is 7.05 Å². The predicted octanol–water partition coefficient (Wildman–Crippen LogP) is 6.25. The van der Waals surface area contributed by atoms with Crippen LogP contribution in [0.2, 0.25) is 0 Å². The van der Waals surface area contributed by atoms with Crippen molar-refractivity contribution in [2.45, 2.75) is 78.1 Å². The summed E-state index contributed by atoms with van der Waals surface area (Å²) in [6.07, 6.45) is 11.9. The zero-order valence-corrected chi connectivity index (χ0v) is 19.3. The summed E-state index contributed by atoms with van der Waals surface area (Å²) in [6.45, 7) is 5.69. The molecular formula is C25H39NO4. The third kappa shape index (κ3) is 6.68. The molecule has 0 spiro atoms. The summed E-state index contributed by atoms with van der Waals surface area (Å²) in [5.74, 6) is 1.58. The Kier molecular flexibility index (Phi) is 10.6. The van der Waals surface area contributed by atoms with E-state index < -0.39 is 0 Å². The number of aryl methyl sites for hydroxylation is 1. The number of aromatic nitrogens is 1. The summed E-state index contributed by atoms with van der Waals surface area (Å²) in [7, 11) is 3.28. The van der Waals surface area contributed by atoms with Crippen molar-refractivity contribution in [1.29, 1.82) is 0 Å². The summed E-state index contributed by atoms with van der Waals surface area (Å²) in [4.78, 5) is 12.8. The van der Waals surface area contributed by atoms with Gasteiger partial charge in [-0.15, -0.1) is 0 Å². The highest BCUT2D eigenvalue weighted by Gasteiger charge is 2.18. The minimum atomic E-state index is -0.193. The molecular weight excluding hydrogens is 378 g/mol. The molecule has 2 aromatic rings. The van der Waals surface area contributed by atoms with Crippen LogP contribution in [0.15, 0.2) is 23.0 Å². The van der Waals surface area contributed by atoms with Gasteiger partial charge in [0.25, 0.3) is 5.56 Å². The van der Waals surface area contributed by atoms with Gasteiger partial charge < -0.3 is 18.8 Å². The fourth-order valence-corrected chi connectivity index (χ4v) is 3.65. The SMILES string of the molecule is CCCCCCCCOc1ccc2c(OCCCCCC)c(OC)c(=O)n(C)c2c1. The zero-order chi connectivity index (χ0) is 21.8. The van der Waals surface area contributed by atoms with Crippen molar-refractivity contribution in [3.05, 3.63) is 28.6 Å². The van der Waals surface area contributed by atoms with E-state index in [-0.39, 0.29) is 11.3 Å². The fraction of sp³-hybridized carbons (Fsp3) is 0.640. The monoisotopic (exact) mass is 417 g/mol. The number of pyridine rings is 1. The number of benzene rings is 1. The number of unbranched alkanes of at least 4 members (excludes halogenated alkanes) is 8. The van der Waals surface area contributed by atoms with Gasteiger partial charge in [0.05, 0.1) is 25.8 Å². The van der Waals surface area contributed by atoms with Crippen LogP contribution < -0.4 is 19.8 Å². The van der Waals surface area contributed by atoms with Crippen molar-refractivity contribution >= 4 is 10.9 Å². The summed E-state index contributed by atoms with van der Waals surface area (Å²) < 4.78 is 19.0. The molecule has 5 nitrogen and oxygen atoms in total. The molecule has 1 heterocycles. The summed E-state index contributed by atoms with van der Waals surface area (Å²) in [5.41, 5.74) is 0.603. The largest absolute Gasteiger partial charge is 0.494 e. The highest BCUT2D eigenvalue weighted by atomic mass is 16.5. The molecule has 2 rings (SSSR count). The zero-order valence-electron chi connectivity index (χ0n) is 19.3. The Bertz CT molecular complexity index is 828. The number of hydrogen-bond acceptors (Lipinski definition) is 4. The quantitative estimate of drug-likeness (QED) is 0.322. The Balaban J connectivity index is 2.11. The first-order chi connectivity index (χ1) is 14.6. The van der Waals surface area contributed by atoms with Gasteiger partial charge in [0.2, 0.25) is 5.75 Å². The Morgan fingerprint density at radius 1 is 0.800 bits per heavy atom. The Morgan fingerprint density at radius 3 is 2.07 bits per heavy atom. The third-order valence-electron chi connectivity index (χ3n) is 5.50. The van der Waals surface area contributed by atoms with Gasteiger partial charge in [-0.25, -0.2) is 0 Å². The van der Waals surface area contributed by atoms with Crippen molar-refractivity contribution in [2.75, 3.05) is 20.3 Å². The predicted molar refractivity (Wildman–Crippen MR) is 124 cm³/mol. The summed E-state index contributed by atoms with van der Waals surface area (Å²) in [6, 6.07) is 5.85. The molecule has 0 amide bonds. The molecule has 30 heavy (non-hydrogen) atoms. The van der Waals surface area contributed by atoms with E-state index in [9.17, 15) is 4.79 Å². The van der Waals surface area contributed by atoms with Crippen LogP contribution in [0.3, 0.4) is 0 Å². The fourth-order valence-electron chi connectivity index (χ4n) is 3.65. The van der Waals surface area contributed by atoms with Crippen LogP contribution in [0.1, 0.15) is 78.1 Å². The Labute approximate surface area is 181 Å². The van der Waals surface area contributed by atoms with E-state index >= 15 is 0 Å². The maximum atomic E-state index is 12.8. The highest BCUT2D eigenvalue weighted by Crippen LogP contribution is 2.34. The molecule has 0 aliphatic rings. The van der Waals surface area contributed by atoms with Crippen LogP contribution in [0.25, 0.3) is 10.9 Å². The van der Waals surface area contributed by atoms with E-state index in [1.54, 1.807) is 11.6 Å². The third-order valence-corrected chi connectivity index (χ3v) is 5.50. The molecule has 0 bridgehead atoms. The second kappa shape index (κ2) is 13.2. The number of nitrogens with zero attached hydrogens (tertiary/aromatic N) is 1. The van der Waals surface area contributed by atoms with Crippen molar-refractivity contribution < 1.29 is 14.2 Å². The average Bonchev–Trinajstić information content (AvgIpc) is 2.76. The standard InChI is InChI=1S/C25H39NO4/c1-5-7-9-11-12-14-17-29-20-15-16-21-22(19-20)26(3)25(27)24(28-4)23(21)30-18-13-10-8-6-2/h15-16,19H,5-14,17-18H2,1-4H3. The van der Waals surface area contributed by atoms with E-state index in [4.69, 9.17) is 14.2 Å². The molecule has 1 aromatic carbocycles. The van der Waals surface area contributed by atoms with E-state index in [0.717, 1.165) is 35.9 Å². The molecule has 0 saturated heterocycles. The lowest BCUT2D eigenvalue weighted by atomic mass is 10.1. The molecule has 0 radical (unpaired) electrons. The van der Waals surface area contributed by atoms with E-state index in [2.05, 4.69) is 13.8 Å². The first-order valence-electron chi connectivity index (χ1n) is 11.6. The summed E-state index contributed by atoms with van der Waals surface area (Å²) in [5, 5.41) is 0.872. The van der Waals surface area contributed by atoms with Gasteiger partial charge in [-0.1, -0.05) is 65.2 Å². The average molecular weight is 418 g/mol. The van der Waals surface area contributed by atoms with Crippen molar-refractivity contribution in [3.63, 3.8) is 0 Å². The van der Waals surface area contributed by atoms with Crippen molar-refractivity contribution in [2.24, 2.45) is 7.05 Å². The summed E-state index contributed by atoms with van der Waals surface area (Å²) >= 11 is 0. The number of ether oxygens (including phenoxy) is 3. The number of methoxy groups -OCH3 is 1. The van der Waals surface area contributed by atoms with Gasteiger partial charge in [0, 0.05) is 18.5 Å². The molecule has 0 unspecified atom stereocenters. The van der Waals surface area contributed by atoms with Crippen molar-refractivity contribution in [1.82, 2.24) is 4.57 Å². The van der Waals surface area contributed by atoms with Gasteiger partial charge in [-0.2, -0.15) is 0 Å². The molecule has 0 atom stereocenters. The molecule has 0 aliphatic heterocycles. The van der Waals surface area contributed by atoms with Crippen LogP contribution in [0, 0.1) is 0 Å². The lowest BCUT2D eigenvalue weighted by Gasteiger charge is -2.16. The minimum absolute atomic E-state index is 0.193. The van der Waals surface area contributed by atoms with Gasteiger partial charge in [-0.05, 0) is 25.0 Å². The molecule has 5 heteroatoms. The van der Waals surface area contributed by atoms with Gasteiger partial charge in [0.1, 0.15) is 5.75 Å². The maximum absolute atomic E-state index is 12.8.